The number of hydrogen-bond donors (Lipinski definition) is 1. The first kappa shape index (κ1) is 18.8. The molecule has 0 bridgehead atoms. The summed E-state index contributed by atoms with van der Waals surface area (Å²) < 4.78 is 27.2. The number of nitrogens with zero attached hydrogens (tertiary/aromatic N) is 3. The molecule has 0 unspecified atom stereocenters. The molecule has 1 aromatic carbocycles. The van der Waals surface area contributed by atoms with Gasteiger partial charge in [-0.1, -0.05) is 37.2 Å². The number of rotatable bonds is 8. The summed E-state index contributed by atoms with van der Waals surface area (Å²) in [6, 6.07) is 6.82. The molecule has 9 heteroatoms. The molecule has 0 radical (unpaired) electrons. The lowest BCUT2D eigenvalue weighted by atomic mass is 10.2. The molecular weight excluding hydrogens is 348 g/mol. The maximum atomic E-state index is 12.2. The fourth-order valence-corrected chi connectivity index (χ4v) is 3.97. The lowest BCUT2D eigenvalue weighted by Crippen LogP contribution is -2.22. The van der Waals surface area contributed by atoms with Crippen LogP contribution < -0.4 is 5.69 Å². The van der Waals surface area contributed by atoms with E-state index in [1.54, 1.807) is 22.8 Å². The zero-order chi connectivity index (χ0) is 17.7. The third-order valence-corrected chi connectivity index (χ3v) is 6.36. The van der Waals surface area contributed by atoms with E-state index in [-0.39, 0.29) is 10.6 Å². The first-order valence-electron chi connectivity index (χ1n) is 7.65. The molecule has 1 heterocycles. The molecule has 2 aromatic rings. The van der Waals surface area contributed by atoms with Gasteiger partial charge < -0.3 is 0 Å². The summed E-state index contributed by atoms with van der Waals surface area (Å²) in [5.41, 5.74) is 0.648. The Hall–Kier alpha value is -1.58. The van der Waals surface area contributed by atoms with Crippen LogP contribution in [0.15, 0.2) is 39.1 Å². The Kier molecular flexibility index (Phi) is 6.25. The van der Waals surface area contributed by atoms with Gasteiger partial charge in [-0.15, -0.1) is 5.10 Å². The number of unbranched alkanes of at least 4 members (excludes halogenated alkanes) is 1. The average molecular weight is 371 g/mol. The van der Waals surface area contributed by atoms with Crippen LogP contribution in [0.4, 0.5) is 0 Å². The number of aromatic nitrogens is 3. The second kappa shape index (κ2) is 8.00. The first-order chi connectivity index (χ1) is 11.4. The summed E-state index contributed by atoms with van der Waals surface area (Å²) in [5.74, 6) is 0.535. The van der Waals surface area contributed by atoms with Crippen molar-refractivity contribution in [3.05, 3.63) is 40.3 Å². The van der Waals surface area contributed by atoms with Gasteiger partial charge in [0.25, 0.3) is 0 Å². The third kappa shape index (κ3) is 4.28. The van der Waals surface area contributed by atoms with Crippen LogP contribution in [-0.2, 0) is 22.3 Å². The van der Waals surface area contributed by atoms with Crippen LogP contribution in [0.5, 0.6) is 0 Å². The molecule has 7 nitrogen and oxygen atoms in total. The monoisotopic (exact) mass is 370 g/mol. The topological polar surface area (TPSA) is 88.1 Å². The number of H-pyrrole nitrogens is 1. The van der Waals surface area contributed by atoms with Crippen LogP contribution in [0.2, 0.25) is 0 Å². The predicted octanol–water partition coefficient (Wildman–Crippen LogP) is 1.91. The predicted molar refractivity (Wildman–Crippen MR) is 94.6 cm³/mol. The minimum atomic E-state index is -3.45. The van der Waals surface area contributed by atoms with Gasteiger partial charge in [0.1, 0.15) is 0 Å². The lowest BCUT2D eigenvalue weighted by molar-refractivity contribution is 0.520. The van der Waals surface area contributed by atoms with Crippen LogP contribution in [0.25, 0.3) is 0 Å². The molecule has 1 aromatic heterocycles. The third-order valence-electron chi connectivity index (χ3n) is 3.50. The van der Waals surface area contributed by atoms with E-state index < -0.39 is 10.0 Å². The van der Waals surface area contributed by atoms with Gasteiger partial charge in [-0.2, -0.15) is 0 Å². The highest BCUT2D eigenvalue weighted by atomic mass is 32.2. The molecule has 0 saturated heterocycles. The highest BCUT2D eigenvalue weighted by molar-refractivity contribution is 7.98. The number of sulfonamides is 1. The van der Waals surface area contributed by atoms with E-state index in [2.05, 4.69) is 17.1 Å². The molecule has 0 spiro atoms. The van der Waals surface area contributed by atoms with Gasteiger partial charge in [0.05, 0.1) is 4.90 Å². The molecule has 0 saturated carbocycles. The van der Waals surface area contributed by atoms with Crippen molar-refractivity contribution < 1.29 is 8.42 Å². The van der Waals surface area contributed by atoms with Crippen molar-refractivity contribution in [3.63, 3.8) is 0 Å². The lowest BCUT2D eigenvalue weighted by Gasteiger charge is -2.12. The fraction of sp³-hybridized carbons (Fsp3) is 0.467. The van der Waals surface area contributed by atoms with E-state index >= 15 is 0 Å². The number of hydrogen-bond acceptors (Lipinski definition) is 5. The van der Waals surface area contributed by atoms with E-state index in [0.717, 1.165) is 18.4 Å². The first-order valence-corrected chi connectivity index (χ1v) is 10.1. The molecule has 24 heavy (non-hydrogen) atoms. The molecule has 0 fully saturated rings. The van der Waals surface area contributed by atoms with E-state index in [0.29, 0.717) is 17.5 Å². The number of nitrogens with one attached hydrogen (secondary N) is 1. The van der Waals surface area contributed by atoms with Gasteiger partial charge in [-0.3, -0.25) is 4.57 Å². The van der Waals surface area contributed by atoms with Crippen LogP contribution >= 0.6 is 11.8 Å². The quantitative estimate of drug-likeness (QED) is 0.717. The van der Waals surface area contributed by atoms with Gasteiger partial charge in [-0.05, 0) is 24.1 Å². The molecule has 0 amide bonds. The smallest absolute Gasteiger partial charge is 0.270 e. The molecular formula is C15H22N4O3S2. The van der Waals surface area contributed by atoms with Crippen molar-refractivity contribution in [2.24, 2.45) is 0 Å². The van der Waals surface area contributed by atoms with E-state index in [4.69, 9.17) is 0 Å². The van der Waals surface area contributed by atoms with Crippen molar-refractivity contribution in [2.75, 3.05) is 14.1 Å². The van der Waals surface area contributed by atoms with E-state index in [1.807, 2.05) is 6.07 Å². The molecule has 2 rings (SSSR count). The average Bonchev–Trinajstić information content (AvgIpc) is 2.91. The molecule has 132 valence electrons. The highest BCUT2D eigenvalue weighted by Gasteiger charge is 2.17. The van der Waals surface area contributed by atoms with Gasteiger partial charge in [0, 0.05) is 26.4 Å². The van der Waals surface area contributed by atoms with Crippen molar-refractivity contribution in [1.29, 1.82) is 0 Å². The summed E-state index contributed by atoms with van der Waals surface area (Å²) >= 11 is 1.41. The minimum Gasteiger partial charge on any atom is -0.270 e. The number of aromatic amines is 1. The number of thioether (sulfide) groups is 1. The van der Waals surface area contributed by atoms with Gasteiger partial charge >= 0.3 is 5.69 Å². The largest absolute Gasteiger partial charge is 0.343 e. The second-order valence-corrected chi connectivity index (χ2v) is 8.63. The summed E-state index contributed by atoms with van der Waals surface area (Å²) in [4.78, 5) is 12.0. The Balaban J connectivity index is 2.15. The Bertz CT molecular complexity index is 840. The maximum Gasteiger partial charge on any atom is 0.343 e. The van der Waals surface area contributed by atoms with Gasteiger partial charge in [0.2, 0.25) is 10.0 Å². The Morgan fingerprint density at radius 1 is 1.33 bits per heavy atom. The van der Waals surface area contributed by atoms with Crippen LogP contribution in [0, 0.1) is 0 Å². The minimum absolute atomic E-state index is 0.213. The van der Waals surface area contributed by atoms with Crippen LogP contribution in [0.1, 0.15) is 25.3 Å². The summed E-state index contributed by atoms with van der Waals surface area (Å²) in [6.07, 6.45) is 1.90. The molecule has 1 N–H and O–H groups in total. The standard InChI is InChI=1S/C15H22N4O3S2/c1-4-5-9-19-14(20)16-17-15(19)23-11-12-7-6-8-13(10-12)24(21,22)18(2)3/h6-8,10H,4-5,9,11H2,1-3H3,(H,16,20). The van der Waals surface area contributed by atoms with Crippen molar-refractivity contribution in [3.8, 4) is 0 Å². The fourth-order valence-electron chi connectivity index (χ4n) is 2.08. The van der Waals surface area contributed by atoms with Crippen LogP contribution in [-0.4, -0.2) is 41.6 Å². The molecule has 0 aliphatic carbocycles. The Morgan fingerprint density at radius 3 is 2.75 bits per heavy atom. The molecule has 0 aliphatic rings. The van der Waals surface area contributed by atoms with E-state index in [9.17, 15) is 13.2 Å². The zero-order valence-corrected chi connectivity index (χ0v) is 15.7. The summed E-state index contributed by atoms with van der Waals surface area (Å²) in [6.45, 7) is 2.69. The maximum absolute atomic E-state index is 12.2. The van der Waals surface area contributed by atoms with Gasteiger partial charge in [-0.25, -0.2) is 22.6 Å². The Morgan fingerprint density at radius 2 is 2.08 bits per heavy atom. The van der Waals surface area contributed by atoms with Crippen molar-refractivity contribution >= 4 is 21.8 Å². The van der Waals surface area contributed by atoms with Crippen molar-refractivity contribution in [2.45, 2.75) is 42.1 Å². The van der Waals surface area contributed by atoms with E-state index in [1.165, 1.54) is 30.2 Å². The SMILES string of the molecule is CCCCn1c(SCc2cccc(S(=O)(=O)N(C)C)c2)n[nH]c1=O. The molecule has 0 atom stereocenters. The molecule has 0 aliphatic heterocycles. The highest BCUT2D eigenvalue weighted by Crippen LogP contribution is 2.22. The Labute approximate surface area is 146 Å². The zero-order valence-electron chi connectivity index (χ0n) is 14.0. The summed E-state index contributed by atoms with van der Waals surface area (Å²) in [5, 5.41) is 7.13. The second-order valence-electron chi connectivity index (χ2n) is 5.54. The normalized spacial score (nSPS) is 12.0. The summed E-state index contributed by atoms with van der Waals surface area (Å²) in [7, 11) is -0.438. The number of benzene rings is 1. The van der Waals surface area contributed by atoms with Crippen molar-refractivity contribution in [1.82, 2.24) is 19.1 Å². The van der Waals surface area contributed by atoms with Gasteiger partial charge in [0.15, 0.2) is 5.16 Å². The van der Waals surface area contributed by atoms with Crippen LogP contribution in [0.3, 0.4) is 0 Å².